The number of nitrogens with zero attached hydrogens (tertiary/aromatic N) is 3. The van der Waals surface area contributed by atoms with Crippen molar-refractivity contribution in [2.45, 2.75) is 25.8 Å². The average molecular weight is 476 g/mol. The van der Waals surface area contributed by atoms with Crippen molar-refractivity contribution in [1.29, 1.82) is 0 Å². The number of aromatic nitrogens is 2. The molecular weight excluding hydrogens is 450 g/mol. The number of nitrogens with one attached hydrogen (secondary N) is 2. The molecule has 2 N–H and O–H groups in total. The fourth-order valence-corrected chi connectivity index (χ4v) is 5.65. The summed E-state index contributed by atoms with van der Waals surface area (Å²) in [4.78, 5) is 36.9. The standard InChI is InChI=1S/C29H25N5O2/c35-26-13-19-15-30-29(33-27(19)21-7-3-4-8-24(21)31-26)32-25-10-9-20(22-14-23(22)25)28(36)34-12-11-17-5-1-2-6-18(17)16-34/h1-10,15,22-23H,11-14,16H2,(H,31,35)(H,30,32,33). The summed E-state index contributed by atoms with van der Waals surface area (Å²) in [6, 6.07) is 16.1. The summed E-state index contributed by atoms with van der Waals surface area (Å²) in [6.07, 6.45) is 7.82. The molecule has 0 saturated heterocycles. The van der Waals surface area contributed by atoms with Crippen LogP contribution in [-0.4, -0.2) is 33.2 Å². The lowest BCUT2D eigenvalue weighted by Gasteiger charge is -2.30. The van der Waals surface area contributed by atoms with E-state index in [1.807, 2.05) is 47.4 Å². The van der Waals surface area contributed by atoms with E-state index in [1.165, 1.54) is 11.1 Å². The van der Waals surface area contributed by atoms with Crippen molar-refractivity contribution in [3.63, 3.8) is 0 Å². The molecule has 2 aromatic carbocycles. The number of fused-ring (bicyclic) bond motifs is 5. The predicted molar refractivity (Wildman–Crippen MR) is 137 cm³/mol. The zero-order valence-corrected chi connectivity index (χ0v) is 19.7. The van der Waals surface area contributed by atoms with E-state index in [-0.39, 0.29) is 30.1 Å². The zero-order chi connectivity index (χ0) is 24.2. The van der Waals surface area contributed by atoms with Gasteiger partial charge in [-0.05, 0) is 42.0 Å². The van der Waals surface area contributed by atoms with Gasteiger partial charge in [0.15, 0.2) is 0 Å². The molecule has 0 bridgehead atoms. The Bertz CT molecular complexity index is 1490. The molecule has 178 valence electrons. The Morgan fingerprint density at radius 3 is 2.75 bits per heavy atom. The van der Waals surface area contributed by atoms with Gasteiger partial charge in [0.25, 0.3) is 0 Å². The Hall–Kier alpha value is -4.26. The van der Waals surface area contributed by atoms with Crippen molar-refractivity contribution < 1.29 is 9.59 Å². The van der Waals surface area contributed by atoms with Crippen molar-refractivity contribution in [1.82, 2.24) is 14.9 Å². The Kier molecular flexibility index (Phi) is 4.77. The molecule has 7 nitrogen and oxygen atoms in total. The van der Waals surface area contributed by atoms with E-state index in [2.05, 4.69) is 33.8 Å². The van der Waals surface area contributed by atoms with Crippen molar-refractivity contribution in [3.05, 3.63) is 94.8 Å². The molecule has 4 aliphatic rings. The normalized spacial score (nSPS) is 21.4. The van der Waals surface area contributed by atoms with Crippen molar-refractivity contribution in [2.75, 3.05) is 17.2 Å². The summed E-state index contributed by atoms with van der Waals surface area (Å²) in [5.74, 6) is 1.11. The largest absolute Gasteiger partial charge is 0.334 e. The average Bonchev–Trinajstić information content (AvgIpc) is 3.72. The number of allylic oxidation sites excluding steroid dienone is 3. The quantitative estimate of drug-likeness (QED) is 0.596. The summed E-state index contributed by atoms with van der Waals surface area (Å²) in [7, 11) is 0. The minimum atomic E-state index is -0.0687. The number of anilines is 2. The number of carbonyl (C=O) groups is 2. The minimum Gasteiger partial charge on any atom is -0.334 e. The van der Waals surface area contributed by atoms with Crippen LogP contribution in [0.15, 0.2) is 78.1 Å². The third-order valence-corrected chi connectivity index (χ3v) is 7.62. The van der Waals surface area contributed by atoms with Gasteiger partial charge in [-0.1, -0.05) is 48.5 Å². The number of carbonyl (C=O) groups excluding carboxylic acids is 2. The highest BCUT2D eigenvalue weighted by Gasteiger charge is 2.47. The van der Waals surface area contributed by atoms with Crippen molar-refractivity contribution in [3.8, 4) is 11.3 Å². The number of para-hydroxylation sites is 1. The lowest BCUT2D eigenvalue weighted by atomic mass is 9.97. The monoisotopic (exact) mass is 475 g/mol. The van der Waals surface area contributed by atoms with Gasteiger partial charge in [0.1, 0.15) is 0 Å². The van der Waals surface area contributed by atoms with Gasteiger partial charge in [0, 0.05) is 47.6 Å². The second-order valence-corrected chi connectivity index (χ2v) is 9.90. The molecule has 3 heterocycles. The van der Waals surface area contributed by atoms with Gasteiger partial charge in [0.05, 0.1) is 17.8 Å². The summed E-state index contributed by atoms with van der Waals surface area (Å²) in [6.45, 7) is 1.45. The van der Waals surface area contributed by atoms with Crippen LogP contribution in [0.5, 0.6) is 0 Å². The molecule has 3 aromatic rings. The zero-order valence-electron chi connectivity index (χ0n) is 19.7. The van der Waals surface area contributed by atoms with E-state index in [0.29, 0.717) is 12.5 Å². The minimum absolute atomic E-state index is 0.0687. The second-order valence-electron chi connectivity index (χ2n) is 9.90. The first kappa shape index (κ1) is 21.1. The first-order valence-electron chi connectivity index (χ1n) is 12.4. The molecule has 0 radical (unpaired) electrons. The molecular formula is C29H25N5O2. The first-order chi connectivity index (χ1) is 17.6. The summed E-state index contributed by atoms with van der Waals surface area (Å²) >= 11 is 0. The number of benzene rings is 2. The molecule has 36 heavy (non-hydrogen) atoms. The van der Waals surface area contributed by atoms with Crippen LogP contribution < -0.4 is 10.6 Å². The van der Waals surface area contributed by atoms with Crippen LogP contribution in [0.3, 0.4) is 0 Å². The molecule has 7 rings (SSSR count). The Morgan fingerprint density at radius 1 is 1.00 bits per heavy atom. The molecule has 2 aliphatic carbocycles. The van der Waals surface area contributed by atoms with Gasteiger partial charge in [-0.2, -0.15) is 0 Å². The number of rotatable bonds is 3. The third-order valence-electron chi connectivity index (χ3n) is 7.62. The van der Waals surface area contributed by atoms with Crippen LogP contribution in [0.1, 0.15) is 23.1 Å². The van der Waals surface area contributed by atoms with Gasteiger partial charge in [0.2, 0.25) is 17.8 Å². The van der Waals surface area contributed by atoms with Gasteiger partial charge in [-0.3, -0.25) is 9.59 Å². The molecule has 1 saturated carbocycles. The number of hydrogen-bond acceptors (Lipinski definition) is 5. The molecule has 0 spiro atoms. The SMILES string of the molecule is O=C1Cc2cnc(NC3=CC=C(C(=O)N4CCc5ccccc5C4)C4CC34)nc2-c2ccccc2N1. The maximum atomic E-state index is 13.4. The highest BCUT2D eigenvalue weighted by Crippen LogP contribution is 2.51. The molecule has 7 heteroatoms. The van der Waals surface area contributed by atoms with Crippen molar-refractivity contribution in [2.24, 2.45) is 11.8 Å². The first-order valence-corrected chi connectivity index (χ1v) is 12.4. The van der Waals surface area contributed by atoms with Crippen LogP contribution in [0.2, 0.25) is 0 Å². The summed E-state index contributed by atoms with van der Waals surface area (Å²) < 4.78 is 0. The number of hydrogen-bond donors (Lipinski definition) is 2. The van der Waals surface area contributed by atoms with Crippen LogP contribution >= 0.6 is 0 Å². The maximum absolute atomic E-state index is 13.4. The van der Waals surface area contributed by atoms with Crippen LogP contribution in [0.25, 0.3) is 11.3 Å². The van der Waals surface area contributed by atoms with E-state index in [9.17, 15) is 9.59 Å². The summed E-state index contributed by atoms with van der Waals surface area (Å²) in [5.41, 5.74) is 7.76. The number of amides is 2. The van der Waals surface area contributed by atoms with E-state index in [4.69, 9.17) is 4.98 Å². The van der Waals surface area contributed by atoms with Crippen LogP contribution in [0, 0.1) is 11.8 Å². The summed E-state index contributed by atoms with van der Waals surface area (Å²) in [5, 5.41) is 6.35. The highest BCUT2D eigenvalue weighted by molar-refractivity contribution is 6.00. The Morgan fingerprint density at radius 2 is 1.83 bits per heavy atom. The van der Waals surface area contributed by atoms with Gasteiger partial charge in [-0.15, -0.1) is 0 Å². The molecule has 1 fully saturated rings. The molecule has 1 aromatic heterocycles. The predicted octanol–water partition coefficient (Wildman–Crippen LogP) is 4.10. The molecule has 2 amide bonds. The lowest BCUT2D eigenvalue weighted by molar-refractivity contribution is -0.128. The maximum Gasteiger partial charge on any atom is 0.250 e. The van der Waals surface area contributed by atoms with E-state index >= 15 is 0 Å². The fourth-order valence-electron chi connectivity index (χ4n) is 5.65. The lowest BCUT2D eigenvalue weighted by Crippen LogP contribution is -2.37. The van der Waals surface area contributed by atoms with Crippen LogP contribution in [-0.2, 0) is 29.0 Å². The Balaban J connectivity index is 1.13. The highest BCUT2D eigenvalue weighted by atomic mass is 16.2. The van der Waals surface area contributed by atoms with E-state index in [1.54, 1.807) is 6.20 Å². The smallest absolute Gasteiger partial charge is 0.250 e. The van der Waals surface area contributed by atoms with Crippen LogP contribution in [0.4, 0.5) is 11.6 Å². The topological polar surface area (TPSA) is 87.2 Å². The van der Waals surface area contributed by atoms with Gasteiger partial charge >= 0.3 is 0 Å². The molecule has 2 unspecified atom stereocenters. The fraction of sp³-hybridized carbons (Fsp3) is 0.241. The second kappa shape index (κ2) is 8.16. The van der Waals surface area contributed by atoms with E-state index in [0.717, 1.165) is 53.2 Å². The van der Waals surface area contributed by atoms with Gasteiger partial charge < -0.3 is 15.5 Å². The molecule has 2 aliphatic heterocycles. The van der Waals surface area contributed by atoms with Crippen molar-refractivity contribution >= 4 is 23.5 Å². The molecule has 2 atom stereocenters. The van der Waals surface area contributed by atoms with E-state index < -0.39 is 0 Å². The van der Waals surface area contributed by atoms with Gasteiger partial charge in [-0.25, -0.2) is 9.97 Å². The Labute approximate surface area is 209 Å². The third kappa shape index (κ3) is 3.59.